The van der Waals surface area contributed by atoms with Crippen molar-refractivity contribution in [2.45, 2.75) is 51.8 Å². The smallest absolute Gasteiger partial charge is 0.265 e. The minimum atomic E-state index is -1.37. The second-order valence-corrected chi connectivity index (χ2v) is 9.70. The highest BCUT2D eigenvalue weighted by Crippen LogP contribution is 2.36. The van der Waals surface area contributed by atoms with Crippen LogP contribution in [0.15, 0.2) is 67.0 Å². The molecule has 0 radical (unpaired) electrons. The van der Waals surface area contributed by atoms with E-state index < -0.39 is 23.4 Å². The summed E-state index contributed by atoms with van der Waals surface area (Å²) in [6.45, 7) is 6.24. The fraction of sp³-hybridized carbons (Fsp3) is 0.310. The first-order valence-corrected chi connectivity index (χ1v) is 12.5. The lowest BCUT2D eigenvalue weighted by atomic mass is 9.87. The average molecular weight is 517 g/mol. The quantitative estimate of drug-likeness (QED) is 0.297. The number of nitrogens with zero attached hydrogens (tertiary/aromatic N) is 2. The third-order valence-corrected chi connectivity index (χ3v) is 6.79. The molecular weight excluding hydrogens is 484 g/mol. The van der Waals surface area contributed by atoms with Crippen LogP contribution in [0.2, 0.25) is 0 Å². The highest BCUT2D eigenvalue weighted by Gasteiger charge is 2.51. The summed E-state index contributed by atoms with van der Waals surface area (Å²) in [6.07, 6.45) is 3.53. The van der Waals surface area contributed by atoms with Crippen molar-refractivity contribution in [3.63, 3.8) is 0 Å². The van der Waals surface area contributed by atoms with Gasteiger partial charge in [0.2, 0.25) is 5.91 Å². The van der Waals surface area contributed by atoms with E-state index in [1.165, 1.54) is 11.8 Å². The predicted octanol–water partition coefficient (Wildman–Crippen LogP) is 2.96. The van der Waals surface area contributed by atoms with Gasteiger partial charge in [0.1, 0.15) is 23.9 Å². The molecule has 1 fully saturated rings. The van der Waals surface area contributed by atoms with Gasteiger partial charge in [-0.25, -0.2) is 5.48 Å². The third kappa shape index (κ3) is 5.84. The normalized spacial score (nSPS) is 17.7. The molecule has 2 aromatic carbocycles. The number of aromatic nitrogens is 1. The molecule has 0 bridgehead atoms. The van der Waals surface area contributed by atoms with Crippen LogP contribution >= 0.6 is 0 Å². The number of hydrogen-bond acceptors (Lipinski definition) is 6. The first kappa shape index (κ1) is 26.8. The monoisotopic (exact) mass is 516 g/mol. The van der Waals surface area contributed by atoms with Crippen LogP contribution in [0.3, 0.4) is 0 Å². The van der Waals surface area contributed by atoms with Crippen LogP contribution in [0, 0.1) is 13.8 Å². The molecule has 3 amide bonds. The number of aryl methyl sites for hydroxylation is 2. The molecule has 1 aliphatic rings. The van der Waals surface area contributed by atoms with Gasteiger partial charge in [-0.2, -0.15) is 0 Å². The molecule has 2 atom stereocenters. The molecule has 2 heterocycles. The fourth-order valence-electron chi connectivity index (χ4n) is 4.93. The van der Waals surface area contributed by atoms with Gasteiger partial charge in [-0.15, -0.1) is 0 Å². The molecular formula is C29H32N4O5. The Morgan fingerprint density at radius 3 is 2.45 bits per heavy atom. The highest BCUT2D eigenvalue weighted by atomic mass is 16.5. The first-order valence-electron chi connectivity index (χ1n) is 12.5. The molecule has 0 saturated carbocycles. The van der Waals surface area contributed by atoms with E-state index in [-0.39, 0.29) is 25.3 Å². The molecule has 198 valence electrons. The molecule has 3 N–H and O–H groups in total. The van der Waals surface area contributed by atoms with E-state index >= 15 is 0 Å². The van der Waals surface area contributed by atoms with Crippen LogP contribution in [0.5, 0.6) is 5.75 Å². The number of likely N-dealkylation sites (tertiary alicyclic amines) is 1. The zero-order chi connectivity index (χ0) is 27.3. The van der Waals surface area contributed by atoms with Crippen LogP contribution in [-0.2, 0) is 33.0 Å². The van der Waals surface area contributed by atoms with Crippen molar-refractivity contribution in [3.8, 4) is 5.75 Å². The number of nitrogens with one attached hydrogen (secondary N) is 2. The molecule has 3 aromatic rings. The SMILES string of the molecule is Cc1cc(C)cc(COc2ccc(C3(NC(=O)Cc4cccnc4)CCN([C@H](C)C(=O)NO)C3=O)cc2)c1. The van der Waals surface area contributed by atoms with Gasteiger partial charge >= 0.3 is 0 Å². The number of amides is 3. The van der Waals surface area contributed by atoms with Crippen LogP contribution < -0.4 is 15.5 Å². The third-order valence-electron chi connectivity index (χ3n) is 6.79. The Kier molecular flexibility index (Phi) is 8.07. The summed E-state index contributed by atoms with van der Waals surface area (Å²) in [4.78, 5) is 44.3. The molecule has 9 nitrogen and oxygen atoms in total. The van der Waals surface area contributed by atoms with E-state index in [2.05, 4.69) is 28.5 Å². The lowest BCUT2D eigenvalue weighted by Crippen LogP contribution is -2.54. The van der Waals surface area contributed by atoms with E-state index in [1.54, 1.807) is 54.3 Å². The van der Waals surface area contributed by atoms with Crippen LogP contribution in [-0.4, -0.2) is 45.4 Å². The van der Waals surface area contributed by atoms with Crippen molar-refractivity contribution in [2.24, 2.45) is 0 Å². The van der Waals surface area contributed by atoms with Crippen molar-refractivity contribution in [2.75, 3.05) is 6.54 Å². The number of carbonyl (C=O) groups excluding carboxylic acids is 3. The number of ether oxygens (including phenoxy) is 1. The number of rotatable bonds is 9. The standard InChI is InChI=1S/C29H32N4O5/c1-19-13-20(2)15-23(14-19)18-38-25-8-6-24(7-9-25)29(31-26(34)16-22-5-4-11-30-17-22)10-12-33(28(29)36)21(3)27(35)32-37/h4-9,11,13-15,17,21,37H,10,12,16,18H2,1-3H3,(H,31,34)(H,32,35)/t21-,29?/m1/s1. The van der Waals surface area contributed by atoms with Gasteiger partial charge in [0.15, 0.2) is 0 Å². The van der Waals surface area contributed by atoms with Gasteiger partial charge < -0.3 is 15.0 Å². The number of carbonyl (C=O) groups is 3. The molecule has 1 saturated heterocycles. The summed E-state index contributed by atoms with van der Waals surface area (Å²) in [5, 5.41) is 12.0. The summed E-state index contributed by atoms with van der Waals surface area (Å²) in [6, 6.07) is 15.9. The Hall–Kier alpha value is -4.24. The van der Waals surface area contributed by atoms with Gasteiger partial charge in [-0.1, -0.05) is 47.5 Å². The van der Waals surface area contributed by atoms with E-state index in [1.807, 2.05) is 13.8 Å². The van der Waals surface area contributed by atoms with Crippen molar-refractivity contribution in [1.29, 1.82) is 0 Å². The number of hydroxylamine groups is 1. The fourth-order valence-corrected chi connectivity index (χ4v) is 4.93. The minimum Gasteiger partial charge on any atom is -0.489 e. The Bertz CT molecular complexity index is 1290. The minimum absolute atomic E-state index is 0.0483. The van der Waals surface area contributed by atoms with Crippen molar-refractivity contribution in [3.05, 3.63) is 94.8 Å². The molecule has 0 spiro atoms. The molecule has 1 aromatic heterocycles. The van der Waals surface area contributed by atoms with Crippen LogP contribution in [0.4, 0.5) is 0 Å². The Morgan fingerprint density at radius 2 is 1.82 bits per heavy atom. The molecule has 38 heavy (non-hydrogen) atoms. The summed E-state index contributed by atoms with van der Waals surface area (Å²) < 4.78 is 5.97. The van der Waals surface area contributed by atoms with Crippen LogP contribution in [0.1, 0.15) is 41.2 Å². The summed E-state index contributed by atoms with van der Waals surface area (Å²) in [7, 11) is 0. The Balaban J connectivity index is 1.57. The lowest BCUT2D eigenvalue weighted by molar-refractivity contribution is -0.145. The van der Waals surface area contributed by atoms with Gasteiger partial charge in [-0.05, 0) is 55.7 Å². The summed E-state index contributed by atoms with van der Waals surface area (Å²) in [5.41, 5.74) is 4.92. The molecule has 4 rings (SSSR count). The highest BCUT2D eigenvalue weighted by molar-refractivity contribution is 5.97. The molecule has 1 aliphatic heterocycles. The van der Waals surface area contributed by atoms with Crippen molar-refractivity contribution < 1.29 is 24.3 Å². The average Bonchev–Trinajstić information content (AvgIpc) is 3.23. The van der Waals surface area contributed by atoms with E-state index in [9.17, 15) is 14.4 Å². The number of benzene rings is 2. The lowest BCUT2D eigenvalue weighted by Gasteiger charge is -2.31. The first-order chi connectivity index (χ1) is 18.2. The predicted molar refractivity (Wildman–Crippen MR) is 140 cm³/mol. The Labute approximate surface area is 221 Å². The van der Waals surface area contributed by atoms with Gasteiger partial charge in [0.05, 0.1) is 6.42 Å². The topological polar surface area (TPSA) is 121 Å². The second kappa shape index (κ2) is 11.4. The second-order valence-electron chi connectivity index (χ2n) is 9.70. The maximum Gasteiger partial charge on any atom is 0.265 e. The van der Waals surface area contributed by atoms with Crippen LogP contribution in [0.25, 0.3) is 0 Å². The van der Waals surface area contributed by atoms with Gasteiger partial charge in [0.25, 0.3) is 11.8 Å². The van der Waals surface area contributed by atoms with E-state index in [0.29, 0.717) is 23.5 Å². The van der Waals surface area contributed by atoms with Gasteiger partial charge in [-0.3, -0.25) is 24.6 Å². The van der Waals surface area contributed by atoms with E-state index in [0.717, 1.165) is 16.7 Å². The summed E-state index contributed by atoms with van der Waals surface area (Å²) >= 11 is 0. The number of hydrogen-bond donors (Lipinski definition) is 3. The number of pyridine rings is 1. The van der Waals surface area contributed by atoms with Crippen molar-refractivity contribution >= 4 is 17.7 Å². The molecule has 1 unspecified atom stereocenters. The van der Waals surface area contributed by atoms with E-state index in [4.69, 9.17) is 9.94 Å². The molecule has 0 aliphatic carbocycles. The summed E-state index contributed by atoms with van der Waals surface area (Å²) in [5.74, 6) is -0.842. The Morgan fingerprint density at radius 1 is 1.11 bits per heavy atom. The molecule has 9 heteroatoms. The maximum atomic E-state index is 13.7. The zero-order valence-corrected chi connectivity index (χ0v) is 21.7. The maximum absolute atomic E-state index is 13.7. The van der Waals surface area contributed by atoms with Gasteiger partial charge in [0, 0.05) is 25.4 Å². The van der Waals surface area contributed by atoms with Crippen molar-refractivity contribution in [1.82, 2.24) is 20.7 Å². The largest absolute Gasteiger partial charge is 0.489 e. The zero-order valence-electron chi connectivity index (χ0n) is 21.7.